The van der Waals surface area contributed by atoms with Crippen LogP contribution < -0.4 is 16.0 Å². The van der Waals surface area contributed by atoms with Crippen LogP contribution in [0.1, 0.15) is 48.3 Å². The van der Waals surface area contributed by atoms with Gasteiger partial charge in [0.1, 0.15) is 0 Å². The molecular weight excluding hydrogens is 376 g/mol. The molecule has 2 heterocycles. The van der Waals surface area contributed by atoms with Crippen molar-refractivity contribution in [3.8, 4) is 0 Å². The molecule has 0 radical (unpaired) electrons. The van der Waals surface area contributed by atoms with Gasteiger partial charge < -0.3 is 20.7 Å². The second kappa shape index (κ2) is 10.1. The van der Waals surface area contributed by atoms with Crippen molar-refractivity contribution >= 4 is 5.96 Å². The summed E-state index contributed by atoms with van der Waals surface area (Å²) in [4.78, 5) is 4.43. The summed E-state index contributed by atoms with van der Waals surface area (Å²) in [5, 5.41) is 15.4. The van der Waals surface area contributed by atoms with Crippen LogP contribution in [-0.4, -0.2) is 48.1 Å². The molecule has 1 saturated heterocycles. The lowest BCUT2D eigenvalue weighted by atomic mass is 9.88. The maximum Gasteiger partial charge on any atom is 0.191 e. The third-order valence-corrected chi connectivity index (χ3v) is 6.18. The summed E-state index contributed by atoms with van der Waals surface area (Å²) in [6, 6.07) is 10.9. The number of aryl methyl sites for hydroxylation is 2. The van der Waals surface area contributed by atoms with Gasteiger partial charge in [0, 0.05) is 63.2 Å². The first-order valence-electron chi connectivity index (χ1n) is 10.8. The Kier molecular flexibility index (Phi) is 7.50. The Morgan fingerprint density at radius 1 is 1.20 bits per heavy atom. The van der Waals surface area contributed by atoms with Crippen molar-refractivity contribution in [3.05, 3.63) is 52.8 Å². The molecular formula is C23H36N6O. The number of hydrogen-bond acceptors (Lipinski definition) is 4. The van der Waals surface area contributed by atoms with Crippen LogP contribution in [0, 0.1) is 13.8 Å². The molecule has 7 nitrogen and oxygen atoms in total. The largest absolute Gasteiger partial charge is 0.381 e. The predicted molar refractivity (Wildman–Crippen MR) is 122 cm³/mol. The number of aromatic nitrogens is 2. The van der Waals surface area contributed by atoms with Crippen LogP contribution in [0.2, 0.25) is 0 Å². The second-order valence-corrected chi connectivity index (χ2v) is 8.22. The topological polar surface area (TPSA) is 75.5 Å². The number of nitrogens with one attached hydrogen (secondary N) is 3. The average molecular weight is 413 g/mol. The van der Waals surface area contributed by atoms with Gasteiger partial charge in [-0.05, 0) is 39.2 Å². The minimum atomic E-state index is -0.0364. The molecule has 0 aliphatic carbocycles. The summed E-state index contributed by atoms with van der Waals surface area (Å²) in [5.41, 5.74) is 4.71. The van der Waals surface area contributed by atoms with Gasteiger partial charge in [0.2, 0.25) is 0 Å². The van der Waals surface area contributed by atoms with Crippen LogP contribution in [0.5, 0.6) is 0 Å². The molecule has 0 saturated carbocycles. The standard InChI is InChI=1S/C23H36N6O/c1-17(20-9-7-6-8-10-20)27-23(11-13-30-14-12-23)16-26-22(24-4)25-15-21-18(2)28-29(5)19(21)3/h6-10,17,27H,11-16H2,1-5H3,(H2,24,25,26). The molecule has 0 bridgehead atoms. The molecule has 1 atom stereocenters. The fourth-order valence-electron chi connectivity index (χ4n) is 4.14. The van der Waals surface area contributed by atoms with Gasteiger partial charge >= 0.3 is 0 Å². The summed E-state index contributed by atoms with van der Waals surface area (Å²) in [7, 11) is 3.79. The highest BCUT2D eigenvalue weighted by Gasteiger charge is 2.34. The van der Waals surface area contributed by atoms with Gasteiger partial charge in [-0.1, -0.05) is 30.3 Å². The Balaban J connectivity index is 1.62. The normalized spacial score (nSPS) is 17.6. The Morgan fingerprint density at radius 3 is 2.50 bits per heavy atom. The van der Waals surface area contributed by atoms with Crippen molar-refractivity contribution in [3.63, 3.8) is 0 Å². The molecule has 1 aromatic heterocycles. The zero-order valence-electron chi connectivity index (χ0n) is 19.0. The van der Waals surface area contributed by atoms with Crippen LogP contribution in [0.4, 0.5) is 0 Å². The van der Waals surface area contributed by atoms with Crippen molar-refractivity contribution in [2.24, 2.45) is 12.0 Å². The van der Waals surface area contributed by atoms with E-state index in [2.05, 4.69) is 70.2 Å². The lowest BCUT2D eigenvalue weighted by Gasteiger charge is -2.41. The molecule has 1 fully saturated rings. The Bertz CT molecular complexity index is 839. The first kappa shape index (κ1) is 22.3. The van der Waals surface area contributed by atoms with E-state index < -0.39 is 0 Å². The molecule has 1 aliphatic rings. The van der Waals surface area contributed by atoms with E-state index >= 15 is 0 Å². The third kappa shape index (κ3) is 5.40. The van der Waals surface area contributed by atoms with Gasteiger partial charge in [0.15, 0.2) is 5.96 Å². The van der Waals surface area contributed by atoms with Crippen LogP contribution in [0.15, 0.2) is 35.3 Å². The zero-order valence-corrected chi connectivity index (χ0v) is 19.0. The SMILES string of the molecule is CN=C(NCc1c(C)nn(C)c1C)NCC1(NC(C)c2ccccc2)CCOCC1. The van der Waals surface area contributed by atoms with Gasteiger partial charge in [-0.3, -0.25) is 9.67 Å². The zero-order chi connectivity index (χ0) is 21.6. The number of hydrogen-bond donors (Lipinski definition) is 3. The van der Waals surface area contributed by atoms with Gasteiger partial charge in [-0.15, -0.1) is 0 Å². The molecule has 7 heteroatoms. The predicted octanol–water partition coefficient (Wildman–Crippen LogP) is 2.60. The molecule has 3 rings (SSSR count). The molecule has 1 unspecified atom stereocenters. The van der Waals surface area contributed by atoms with Crippen molar-refractivity contribution < 1.29 is 4.74 Å². The van der Waals surface area contributed by atoms with Gasteiger partial charge in [0.25, 0.3) is 0 Å². The van der Waals surface area contributed by atoms with Crippen molar-refractivity contribution in [1.29, 1.82) is 0 Å². The van der Waals surface area contributed by atoms with Crippen LogP contribution in [0.3, 0.4) is 0 Å². The van der Waals surface area contributed by atoms with Gasteiger partial charge in [-0.2, -0.15) is 5.10 Å². The molecule has 2 aromatic rings. The fourth-order valence-corrected chi connectivity index (χ4v) is 4.14. The van der Waals surface area contributed by atoms with E-state index in [0.717, 1.165) is 44.3 Å². The quantitative estimate of drug-likeness (QED) is 0.481. The van der Waals surface area contributed by atoms with Gasteiger partial charge in [-0.25, -0.2) is 0 Å². The smallest absolute Gasteiger partial charge is 0.191 e. The van der Waals surface area contributed by atoms with Gasteiger partial charge in [0.05, 0.1) is 5.69 Å². The number of rotatable bonds is 7. The van der Waals surface area contributed by atoms with E-state index in [-0.39, 0.29) is 11.6 Å². The maximum absolute atomic E-state index is 5.66. The number of nitrogens with zero attached hydrogens (tertiary/aromatic N) is 3. The van der Waals surface area contributed by atoms with Crippen molar-refractivity contribution in [2.45, 2.75) is 51.7 Å². The Hall–Kier alpha value is -2.38. The Morgan fingerprint density at radius 2 is 1.90 bits per heavy atom. The van der Waals surface area contributed by atoms with Crippen LogP contribution >= 0.6 is 0 Å². The number of ether oxygens (including phenoxy) is 1. The van der Waals surface area contributed by atoms with E-state index in [0.29, 0.717) is 6.54 Å². The average Bonchev–Trinajstić information content (AvgIpc) is 3.00. The first-order valence-corrected chi connectivity index (χ1v) is 10.8. The van der Waals surface area contributed by atoms with Crippen molar-refractivity contribution in [2.75, 3.05) is 26.8 Å². The minimum absolute atomic E-state index is 0.0364. The lowest BCUT2D eigenvalue weighted by molar-refractivity contribution is 0.0355. The highest BCUT2D eigenvalue weighted by Crippen LogP contribution is 2.25. The minimum Gasteiger partial charge on any atom is -0.381 e. The summed E-state index contributed by atoms with van der Waals surface area (Å²) in [6.07, 6.45) is 1.93. The van der Waals surface area contributed by atoms with Crippen LogP contribution in [0.25, 0.3) is 0 Å². The molecule has 3 N–H and O–H groups in total. The fraction of sp³-hybridized carbons (Fsp3) is 0.565. The number of guanidine groups is 1. The molecule has 164 valence electrons. The number of aliphatic imine (C=N–C) groups is 1. The second-order valence-electron chi connectivity index (χ2n) is 8.22. The molecule has 0 spiro atoms. The molecule has 30 heavy (non-hydrogen) atoms. The van der Waals surface area contributed by atoms with E-state index in [1.807, 2.05) is 25.7 Å². The highest BCUT2D eigenvalue weighted by atomic mass is 16.5. The summed E-state index contributed by atoms with van der Waals surface area (Å²) in [5.74, 6) is 0.803. The van der Waals surface area contributed by atoms with E-state index in [4.69, 9.17) is 4.74 Å². The lowest BCUT2D eigenvalue weighted by Crippen LogP contribution is -2.58. The van der Waals surface area contributed by atoms with Crippen molar-refractivity contribution in [1.82, 2.24) is 25.7 Å². The van der Waals surface area contributed by atoms with E-state index in [9.17, 15) is 0 Å². The summed E-state index contributed by atoms with van der Waals surface area (Å²) < 4.78 is 7.58. The summed E-state index contributed by atoms with van der Waals surface area (Å²) >= 11 is 0. The van der Waals surface area contributed by atoms with E-state index in [1.54, 1.807) is 0 Å². The monoisotopic (exact) mass is 412 g/mol. The Labute approximate surface area is 180 Å². The first-order chi connectivity index (χ1) is 14.4. The summed E-state index contributed by atoms with van der Waals surface area (Å²) in [6.45, 7) is 9.42. The highest BCUT2D eigenvalue weighted by molar-refractivity contribution is 5.79. The maximum atomic E-state index is 5.66. The number of benzene rings is 1. The van der Waals surface area contributed by atoms with E-state index in [1.165, 1.54) is 16.8 Å². The molecule has 1 aromatic carbocycles. The third-order valence-electron chi connectivity index (χ3n) is 6.18. The molecule has 0 amide bonds. The van der Waals surface area contributed by atoms with Crippen LogP contribution in [-0.2, 0) is 18.3 Å². The molecule has 1 aliphatic heterocycles.